The van der Waals surface area contributed by atoms with Crippen molar-refractivity contribution in [2.24, 2.45) is 0 Å². The van der Waals surface area contributed by atoms with Gasteiger partial charge in [0.2, 0.25) is 5.91 Å². The highest BCUT2D eigenvalue weighted by molar-refractivity contribution is 9.10. The number of carbonyl (C=O) groups is 7. The summed E-state index contributed by atoms with van der Waals surface area (Å²) in [6.07, 6.45) is 3.17. The third-order valence-corrected chi connectivity index (χ3v) is 15.0. The Morgan fingerprint density at radius 1 is 0.553 bits per heavy atom. The van der Waals surface area contributed by atoms with Crippen molar-refractivity contribution in [3.63, 3.8) is 0 Å². The van der Waals surface area contributed by atoms with Gasteiger partial charge in [-0.05, 0) is 111 Å². The molecule has 2 fully saturated rings. The van der Waals surface area contributed by atoms with E-state index in [2.05, 4.69) is 40.4 Å². The van der Waals surface area contributed by atoms with E-state index in [4.69, 9.17) is 39.2 Å². The normalized spacial score (nSPS) is 12.6. The van der Waals surface area contributed by atoms with Crippen molar-refractivity contribution < 1.29 is 57.8 Å². The number of thioether (sulfide) groups is 2. The summed E-state index contributed by atoms with van der Waals surface area (Å²) in [5, 5.41) is 17.5. The van der Waals surface area contributed by atoms with E-state index in [0.717, 1.165) is 27.9 Å². The lowest BCUT2D eigenvalue weighted by Crippen LogP contribution is -2.29. The number of methoxy groups -OCH3 is 3. The molecule has 2 N–H and O–H groups in total. The first-order valence-electron chi connectivity index (χ1n) is 25.2. The van der Waals surface area contributed by atoms with Gasteiger partial charge in [0.05, 0.1) is 78.8 Å². The SMILES string of the molecule is COC(=O)c1ccc(-c2cccc(/C=C3\SC(=S)N(Cc4ccccc4)C3=O)n2)cc1.COC(=O)c1ccc(-c2cccc(C=O)n2)cc1.COC(=O)c1ccc(B(O)O)cc1.O=C1CSC(=S)N1Cc1ccccc1.O=Cc1cccc(Br)n1. The summed E-state index contributed by atoms with van der Waals surface area (Å²) in [5.41, 5.74) is 8.44. The minimum absolute atomic E-state index is 0.115. The first kappa shape index (κ1) is 65.5. The van der Waals surface area contributed by atoms with Crippen LogP contribution in [0.2, 0.25) is 0 Å². The summed E-state index contributed by atoms with van der Waals surface area (Å²) in [6, 6.07) is 55.4. The van der Waals surface area contributed by atoms with Crippen molar-refractivity contribution in [3.8, 4) is 22.5 Å². The van der Waals surface area contributed by atoms with Crippen molar-refractivity contribution in [2.75, 3.05) is 27.1 Å². The van der Waals surface area contributed by atoms with Crippen LogP contribution in [0.4, 0.5) is 0 Å². The largest absolute Gasteiger partial charge is 0.488 e. The van der Waals surface area contributed by atoms with Crippen molar-refractivity contribution in [3.05, 3.63) is 242 Å². The zero-order valence-electron chi connectivity index (χ0n) is 45.6. The maximum atomic E-state index is 12.9. The first-order chi connectivity index (χ1) is 41.0. The van der Waals surface area contributed by atoms with Crippen LogP contribution in [0.15, 0.2) is 198 Å². The number of hydrogen-bond donors (Lipinski definition) is 2. The average Bonchev–Trinajstić information content (AvgIpc) is 3.70. The smallest absolute Gasteiger partial charge is 0.465 e. The summed E-state index contributed by atoms with van der Waals surface area (Å²) in [5.74, 6) is -0.718. The summed E-state index contributed by atoms with van der Waals surface area (Å²) >= 11 is 16.4. The van der Waals surface area contributed by atoms with Gasteiger partial charge < -0.3 is 24.3 Å². The Kier molecular flexibility index (Phi) is 25.9. The average molecular weight is 1280 g/mol. The minimum atomic E-state index is -1.51. The van der Waals surface area contributed by atoms with E-state index >= 15 is 0 Å². The molecule has 2 amide bonds. The van der Waals surface area contributed by atoms with E-state index in [1.165, 1.54) is 69.1 Å². The van der Waals surface area contributed by atoms with Crippen molar-refractivity contribution in [1.29, 1.82) is 0 Å². The molecule has 0 saturated carbocycles. The standard InChI is InChI=1S/C24H18N2O3S2.C14H11NO3.C10H9NOS2.C8H9BO4.C6H4BrNO/c1-29-23(28)18-12-10-17(11-13-18)20-9-5-8-19(25-20)14-21-22(27)26(24(30)31-21)15-16-6-3-2-4-7-16;1-18-14(17)11-7-5-10(6-8-11)13-4-2-3-12(9-16)15-13;12-9-7-14-10(13)11(9)6-8-4-2-1-3-5-8;1-13-8(10)6-2-4-7(5-3-6)9(11)12;7-6-3-1-2-5(4-9)8-6/h2-14H,15H2,1H3;2-9H,1H3;1-5H,6-7H2;2-5,11-12H,1H3;1-4H/b21-14-;;;;. The second-order valence-electron chi connectivity index (χ2n) is 17.4. The quantitative estimate of drug-likeness (QED) is 0.0208. The molecule has 23 heteroatoms. The molecule has 0 spiro atoms. The predicted molar refractivity (Wildman–Crippen MR) is 340 cm³/mol. The van der Waals surface area contributed by atoms with Crippen molar-refractivity contribution in [1.82, 2.24) is 24.8 Å². The van der Waals surface area contributed by atoms with Crippen LogP contribution in [0.25, 0.3) is 28.6 Å². The van der Waals surface area contributed by atoms with Gasteiger partial charge in [-0.1, -0.05) is 163 Å². The number of halogens is 1. The maximum Gasteiger partial charge on any atom is 0.488 e. The van der Waals surface area contributed by atoms with Gasteiger partial charge in [-0.25, -0.2) is 29.3 Å². The minimum Gasteiger partial charge on any atom is -0.465 e. The van der Waals surface area contributed by atoms with Gasteiger partial charge in [-0.15, -0.1) is 0 Å². The molecular formula is C62H51BBrN5O12S4. The number of pyridine rings is 3. The number of rotatable bonds is 13. The molecule has 430 valence electrons. The summed E-state index contributed by atoms with van der Waals surface area (Å²) in [4.78, 5) is 95.3. The summed E-state index contributed by atoms with van der Waals surface area (Å²) in [7, 11) is 2.47. The number of thiocarbonyl (C=S) groups is 2. The number of ether oxygens (including phenoxy) is 3. The Bertz CT molecular complexity index is 3670. The van der Waals surface area contributed by atoms with Crippen molar-refractivity contribution in [2.45, 2.75) is 13.1 Å². The Labute approximate surface area is 517 Å². The van der Waals surface area contributed by atoms with Gasteiger partial charge in [-0.3, -0.25) is 29.0 Å². The third kappa shape index (κ3) is 20.0. The highest BCUT2D eigenvalue weighted by Crippen LogP contribution is 2.34. The van der Waals surface area contributed by atoms with Crippen LogP contribution in [0, 0.1) is 0 Å². The van der Waals surface area contributed by atoms with E-state index in [0.29, 0.717) is 94.5 Å². The molecule has 17 nitrogen and oxygen atoms in total. The Hall–Kier alpha value is -8.68. The van der Waals surface area contributed by atoms with E-state index in [-0.39, 0.29) is 23.8 Å². The second kappa shape index (κ2) is 33.6. The molecule has 5 aromatic carbocycles. The van der Waals surface area contributed by atoms with Crippen LogP contribution < -0.4 is 5.46 Å². The molecule has 0 aliphatic carbocycles. The molecule has 8 aromatic rings. The lowest BCUT2D eigenvalue weighted by molar-refractivity contribution is -0.124. The molecular weight excluding hydrogens is 1230 g/mol. The molecule has 0 bridgehead atoms. The zero-order chi connectivity index (χ0) is 61.3. The lowest BCUT2D eigenvalue weighted by Gasteiger charge is -2.14. The molecule has 2 aliphatic heterocycles. The van der Waals surface area contributed by atoms with Crippen LogP contribution in [0.1, 0.15) is 68.9 Å². The predicted octanol–water partition coefficient (Wildman–Crippen LogP) is 10.1. The lowest BCUT2D eigenvalue weighted by atomic mass is 9.80. The van der Waals surface area contributed by atoms with E-state index in [1.807, 2.05) is 91.0 Å². The fourth-order valence-electron chi connectivity index (χ4n) is 7.40. The monoisotopic (exact) mass is 1280 g/mol. The number of amides is 2. The van der Waals surface area contributed by atoms with Gasteiger partial charge in [0.15, 0.2) is 12.6 Å². The number of esters is 3. The van der Waals surface area contributed by atoms with Gasteiger partial charge in [0.25, 0.3) is 5.91 Å². The number of carbonyl (C=O) groups excluding carboxylic acids is 7. The van der Waals surface area contributed by atoms with Crippen LogP contribution in [-0.4, -0.2) is 120 Å². The molecule has 10 rings (SSSR count). The van der Waals surface area contributed by atoms with Crippen LogP contribution in [0.5, 0.6) is 0 Å². The summed E-state index contributed by atoms with van der Waals surface area (Å²) < 4.78 is 15.7. The molecule has 3 aromatic heterocycles. The van der Waals surface area contributed by atoms with Gasteiger partial charge in [0, 0.05) is 11.1 Å². The number of hydrogen-bond acceptors (Lipinski definition) is 19. The van der Waals surface area contributed by atoms with Crippen molar-refractivity contribution >= 4 is 133 Å². The van der Waals surface area contributed by atoms with E-state index < -0.39 is 13.1 Å². The fraction of sp³-hybridized carbons (Fsp3) is 0.0968. The Morgan fingerprint density at radius 2 is 0.976 bits per heavy atom. The van der Waals surface area contributed by atoms with Crippen LogP contribution in [0.3, 0.4) is 0 Å². The maximum absolute atomic E-state index is 12.9. The summed E-state index contributed by atoms with van der Waals surface area (Å²) in [6.45, 7) is 1.05. The van der Waals surface area contributed by atoms with E-state index in [9.17, 15) is 33.6 Å². The van der Waals surface area contributed by atoms with Crippen LogP contribution in [-0.2, 0) is 36.9 Å². The second-order valence-corrected chi connectivity index (χ2v) is 21.5. The molecule has 85 heavy (non-hydrogen) atoms. The first-order valence-corrected chi connectivity index (χ1v) is 28.6. The van der Waals surface area contributed by atoms with Crippen LogP contribution >= 0.6 is 63.9 Å². The Balaban J connectivity index is 0.000000183. The van der Waals surface area contributed by atoms with Gasteiger partial charge >= 0.3 is 25.0 Å². The molecule has 0 unspecified atom stereocenters. The Morgan fingerprint density at radius 3 is 1.39 bits per heavy atom. The third-order valence-electron chi connectivity index (χ3n) is 11.7. The zero-order valence-corrected chi connectivity index (χ0v) is 50.4. The molecule has 2 saturated heterocycles. The molecule has 5 heterocycles. The topological polar surface area (TPSA) is 233 Å². The molecule has 0 radical (unpaired) electrons. The van der Waals surface area contributed by atoms with E-state index in [1.54, 1.807) is 88.7 Å². The number of nitrogens with zero attached hydrogens (tertiary/aromatic N) is 5. The number of aromatic nitrogens is 3. The fourth-order valence-corrected chi connectivity index (χ4v) is 10.1. The molecule has 0 atom stereocenters. The molecule has 2 aliphatic rings. The number of benzene rings is 5. The van der Waals surface area contributed by atoms with Gasteiger partial charge in [-0.2, -0.15) is 0 Å². The highest BCUT2D eigenvalue weighted by atomic mass is 79.9. The highest BCUT2D eigenvalue weighted by Gasteiger charge is 2.32. The number of aldehydes is 2. The van der Waals surface area contributed by atoms with Gasteiger partial charge in [0.1, 0.15) is 24.6 Å².